The second-order valence-electron chi connectivity index (χ2n) is 4.64. The number of benzene rings is 1. The van der Waals surface area contributed by atoms with Crippen LogP contribution >= 0.6 is 0 Å². The Kier molecular flexibility index (Phi) is 3.46. The van der Waals surface area contributed by atoms with E-state index in [1.54, 1.807) is 0 Å². The van der Waals surface area contributed by atoms with Crippen molar-refractivity contribution in [2.45, 2.75) is 32.4 Å². The summed E-state index contributed by atoms with van der Waals surface area (Å²) in [5, 5.41) is 7.24. The molecule has 5 nitrogen and oxygen atoms in total. The standard InChI is InChI=1S/C14H17N3O2/c1-2-7-15-9-13-16-14(17-19-13)12-8-10-5-3-4-6-11(10)18-12/h3-6,12,15H,2,7-9H2,1H3. The van der Waals surface area contributed by atoms with Crippen LogP contribution in [0.1, 0.15) is 36.7 Å². The number of rotatable bonds is 5. The molecule has 0 saturated carbocycles. The van der Waals surface area contributed by atoms with E-state index < -0.39 is 0 Å². The maximum absolute atomic E-state index is 5.83. The molecule has 0 amide bonds. The molecular weight excluding hydrogens is 242 g/mol. The van der Waals surface area contributed by atoms with Crippen molar-refractivity contribution in [3.8, 4) is 5.75 Å². The van der Waals surface area contributed by atoms with E-state index >= 15 is 0 Å². The molecule has 0 aliphatic carbocycles. The molecule has 100 valence electrons. The Labute approximate surface area is 112 Å². The van der Waals surface area contributed by atoms with Gasteiger partial charge in [0.15, 0.2) is 6.10 Å². The van der Waals surface area contributed by atoms with Crippen LogP contribution in [0.25, 0.3) is 0 Å². The van der Waals surface area contributed by atoms with Crippen molar-refractivity contribution in [3.63, 3.8) is 0 Å². The van der Waals surface area contributed by atoms with Crippen molar-refractivity contribution in [1.29, 1.82) is 0 Å². The summed E-state index contributed by atoms with van der Waals surface area (Å²) in [6.07, 6.45) is 1.76. The molecule has 0 saturated heterocycles. The van der Waals surface area contributed by atoms with Gasteiger partial charge in [-0.25, -0.2) is 0 Å². The van der Waals surface area contributed by atoms with Crippen LogP contribution in [0.4, 0.5) is 0 Å². The highest BCUT2D eigenvalue weighted by molar-refractivity contribution is 5.37. The third-order valence-electron chi connectivity index (χ3n) is 3.12. The summed E-state index contributed by atoms with van der Waals surface area (Å²) in [4.78, 5) is 4.38. The molecule has 0 spiro atoms. The van der Waals surface area contributed by atoms with Crippen LogP contribution in [0.15, 0.2) is 28.8 Å². The van der Waals surface area contributed by atoms with E-state index in [-0.39, 0.29) is 6.10 Å². The van der Waals surface area contributed by atoms with E-state index in [4.69, 9.17) is 9.26 Å². The number of hydrogen-bond acceptors (Lipinski definition) is 5. The summed E-state index contributed by atoms with van der Waals surface area (Å²) in [7, 11) is 0. The minimum Gasteiger partial charge on any atom is -0.482 e. The highest BCUT2D eigenvalue weighted by atomic mass is 16.5. The Morgan fingerprint density at radius 3 is 3.11 bits per heavy atom. The molecule has 1 aliphatic heterocycles. The predicted octanol–water partition coefficient (Wildman–Crippen LogP) is 2.25. The molecule has 1 aliphatic rings. The van der Waals surface area contributed by atoms with Gasteiger partial charge >= 0.3 is 0 Å². The average molecular weight is 259 g/mol. The molecule has 0 fully saturated rings. The first-order valence-corrected chi connectivity index (χ1v) is 6.64. The van der Waals surface area contributed by atoms with Gasteiger partial charge in [-0.2, -0.15) is 4.98 Å². The van der Waals surface area contributed by atoms with E-state index in [1.165, 1.54) is 5.56 Å². The first kappa shape index (κ1) is 12.2. The number of nitrogens with one attached hydrogen (secondary N) is 1. The Bertz CT molecular complexity index is 528. The van der Waals surface area contributed by atoms with Crippen molar-refractivity contribution in [1.82, 2.24) is 15.5 Å². The van der Waals surface area contributed by atoms with Gasteiger partial charge in [-0.05, 0) is 24.6 Å². The third kappa shape index (κ3) is 2.61. The van der Waals surface area contributed by atoms with Crippen molar-refractivity contribution in [3.05, 3.63) is 41.5 Å². The Balaban J connectivity index is 1.65. The number of aromatic nitrogens is 2. The Hall–Kier alpha value is -1.88. The molecule has 19 heavy (non-hydrogen) atoms. The second-order valence-corrected chi connectivity index (χ2v) is 4.64. The molecule has 2 heterocycles. The molecule has 3 rings (SSSR count). The molecule has 0 radical (unpaired) electrons. The molecular formula is C14H17N3O2. The summed E-state index contributed by atoms with van der Waals surface area (Å²) in [5.41, 5.74) is 1.20. The summed E-state index contributed by atoms with van der Waals surface area (Å²) in [6.45, 7) is 3.68. The van der Waals surface area contributed by atoms with Gasteiger partial charge in [0, 0.05) is 6.42 Å². The minimum absolute atomic E-state index is 0.124. The van der Waals surface area contributed by atoms with Crippen LogP contribution < -0.4 is 10.1 Å². The number of nitrogens with zero attached hydrogens (tertiary/aromatic N) is 2. The largest absolute Gasteiger partial charge is 0.482 e. The molecule has 1 N–H and O–H groups in total. The van der Waals surface area contributed by atoms with Crippen LogP contribution in [0.5, 0.6) is 5.75 Å². The van der Waals surface area contributed by atoms with Gasteiger partial charge in [0.05, 0.1) is 6.54 Å². The van der Waals surface area contributed by atoms with Crippen LogP contribution in [-0.4, -0.2) is 16.7 Å². The summed E-state index contributed by atoms with van der Waals surface area (Å²) in [5.74, 6) is 2.16. The predicted molar refractivity (Wildman–Crippen MR) is 69.8 cm³/mol. The first-order chi connectivity index (χ1) is 9.36. The van der Waals surface area contributed by atoms with Crippen molar-refractivity contribution < 1.29 is 9.26 Å². The monoisotopic (exact) mass is 259 g/mol. The van der Waals surface area contributed by atoms with Gasteiger partial charge in [0.2, 0.25) is 11.7 Å². The summed E-state index contributed by atoms with van der Waals surface area (Å²) < 4.78 is 11.0. The lowest BCUT2D eigenvalue weighted by Crippen LogP contribution is -2.14. The number of hydrogen-bond donors (Lipinski definition) is 1. The Morgan fingerprint density at radius 2 is 2.26 bits per heavy atom. The smallest absolute Gasteiger partial charge is 0.240 e. The number of para-hydroxylation sites is 1. The highest BCUT2D eigenvalue weighted by Crippen LogP contribution is 2.35. The fourth-order valence-electron chi connectivity index (χ4n) is 2.17. The molecule has 5 heteroatoms. The van der Waals surface area contributed by atoms with Gasteiger partial charge in [0.25, 0.3) is 0 Å². The van der Waals surface area contributed by atoms with Crippen LogP contribution in [-0.2, 0) is 13.0 Å². The molecule has 2 aromatic rings. The first-order valence-electron chi connectivity index (χ1n) is 6.64. The van der Waals surface area contributed by atoms with Crippen LogP contribution in [0, 0.1) is 0 Å². The van der Waals surface area contributed by atoms with E-state index in [0.29, 0.717) is 18.3 Å². The molecule has 1 aromatic carbocycles. The lowest BCUT2D eigenvalue weighted by molar-refractivity contribution is 0.221. The van der Waals surface area contributed by atoms with Gasteiger partial charge in [-0.1, -0.05) is 30.3 Å². The van der Waals surface area contributed by atoms with Crippen LogP contribution in [0.2, 0.25) is 0 Å². The fraction of sp³-hybridized carbons (Fsp3) is 0.429. The fourth-order valence-corrected chi connectivity index (χ4v) is 2.17. The molecule has 1 unspecified atom stereocenters. The maximum atomic E-state index is 5.83. The van der Waals surface area contributed by atoms with E-state index in [2.05, 4.69) is 28.4 Å². The lowest BCUT2D eigenvalue weighted by Gasteiger charge is -2.04. The zero-order valence-corrected chi connectivity index (χ0v) is 10.9. The van der Waals surface area contributed by atoms with E-state index in [1.807, 2.05) is 18.2 Å². The SMILES string of the molecule is CCCNCc1nc(C2Cc3ccccc3O2)no1. The van der Waals surface area contributed by atoms with Crippen LogP contribution in [0.3, 0.4) is 0 Å². The molecule has 0 bridgehead atoms. The minimum atomic E-state index is -0.124. The zero-order chi connectivity index (χ0) is 13.1. The quantitative estimate of drug-likeness (QED) is 0.834. The van der Waals surface area contributed by atoms with E-state index in [9.17, 15) is 0 Å². The second kappa shape index (κ2) is 5.40. The van der Waals surface area contributed by atoms with Crippen molar-refractivity contribution in [2.24, 2.45) is 0 Å². The molecule has 1 aromatic heterocycles. The third-order valence-corrected chi connectivity index (χ3v) is 3.12. The van der Waals surface area contributed by atoms with Gasteiger partial charge in [-0.3, -0.25) is 0 Å². The van der Waals surface area contributed by atoms with Gasteiger partial charge in [-0.15, -0.1) is 0 Å². The normalized spacial score (nSPS) is 17.2. The summed E-state index contributed by atoms with van der Waals surface area (Å²) >= 11 is 0. The van der Waals surface area contributed by atoms with Crippen molar-refractivity contribution in [2.75, 3.05) is 6.54 Å². The van der Waals surface area contributed by atoms with Gasteiger partial charge in [0.1, 0.15) is 5.75 Å². The topological polar surface area (TPSA) is 60.2 Å². The van der Waals surface area contributed by atoms with Gasteiger partial charge < -0.3 is 14.6 Å². The number of ether oxygens (including phenoxy) is 1. The average Bonchev–Trinajstić information content (AvgIpc) is 3.04. The van der Waals surface area contributed by atoms with E-state index in [0.717, 1.165) is 25.1 Å². The number of fused-ring (bicyclic) bond motifs is 1. The Morgan fingerprint density at radius 1 is 1.37 bits per heavy atom. The zero-order valence-electron chi connectivity index (χ0n) is 10.9. The van der Waals surface area contributed by atoms with Crippen molar-refractivity contribution >= 4 is 0 Å². The lowest BCUT2D eigenvalue weighted by atomic mass is 10.1. The highest BCUT2D eigenvalue weighted by Gasteiger charge is 2.27. The maximum Gasteiger partial charge on any atom is 0.240 e. The summed E-state index contributed by atoms with van der Waals surface area (Å²) in [6, 6.07) is 8.02. The molecule has 1 atom stereocenters.